The lowest BCUT2D eigenvalue weighted by molar-refractivity contribution is 0.405. The van der Waals surface area contributed by atoms with Gasteiger partial charge in [0.15, 0.2) is 0 Å². The van der Waals surface area contributed by atoms with Crippen LogP contribution in [0.3, 0.4) is 0 Å². The quantitative estimate of drug-likeness (QED) is 0.837. The number of nitrogens with two attached hydrogens (primary N) is 1. The van der Waals surface area contributed by atoms with E-state index in [1.54, 1.807) is 18.9 Å². The number of anilines is 1. The van der Waals surface area contributed by atoms with E-state index >= 15 is 0 Å². The third-order valence-corrected chi connectivity index (χ3v) is 3.72. The van der Waals surface area contributed by atoms with Crippen molar-refractivity contribution in [2.75, 3.05) is 12.8 Å². The van der Waals surface area contributed by atoms with Gasteiger partial charge in [-0.3, -0.25) is 0 Å². The zero-order chi connectivity index (χ0) is 12.3. The van der Waals surface area contributed by atoms with E-state index in [0.29, 0.717) is 0 Å². The van der Waals surface area contributed by atoms with Gasteiger partial charge < -0.3 is 10.5 Å². The molecule has 2 N–H and O–H groups in total. The fourth-order valence-corrected chi connectivity index (χ4v) is 2.60. The van der Waals surface area contributed by atoms with E-state index in [1.807, 2.05) is 36.4 Å². The average molecular weight is 245 g/mol. The molecule has 2 aromatic rings. The Balaban J connectivity index is 2.31. The molecule has 0 radical (unpaired) electrons. The highest BCUT2D eigenvalue weighted by Gasteiger charge is 2.06. The van der Waals surface area contributed by atoms with Crippen LogP contribution in [0.5, 0.6) is 5.75 Å². The number of benzene rings is 2. The van der Waals surface area contributed by atoms with Crippen molar-refractivity contribution in [1.82, 2.24) is 0 Å². The van der Waals surface area contributed by atoms with Gasteiger partial charge in [-0.05, 0) is 42.8 Å². The first kappa shape index (κ1) is 11.9. The summed E-state index contributed by atoms with van der Waals surface area (Å²) in [6, 6.07) is 14.0. The minimum absolute atomic E-state index is 0.798. The summed E-state index contributed by atoms with van der Waals surface area (Å²) in [7, 11) is 1.69. The Bertz CT molecular complexity index is 525. The topological polar surface area (TPSA) is 35.2 Å². The lowest BCUT2D eigenvalue weighted by Gasteiger charge is -2.09. The van der Waals surface area contributed by atoms with Crippen LogP contribution in [0.4, 0.5) is 5.69 Å². The normalized spacial score (nSPS) is 10.2. The van der Waals surface area contributed by atoms with Crippen molar-refractivity contribution in [2.24, 2.45) is 0 Å². The van der Waals surface area contributed by atoms with Gasteiger partial charge in [0.25, 0.3) is 0 Å². The van der Waals surface area contributed by atoms with E-state index < -0.39 is 0 Å². The number of rotatable bonds is 3. The third kappa shape index (κ3) is 2.74. The Morgan fingerprint density at radius 2 is 1.82 bits per heavy atom. The molecule has 88 valence electrons. The molecule has 0 bridgehead atoms. The van der Waals surface area contributed by atoms with Crippen molar-refractivity contribution in [3.63, 3.8) is 0 Å². The van der Waals surface area contributed by atoms with Gasteiger partial charge in [0.2, 0.25) is 0 Å². The molecule has 0 aliphatic heterocycles. The molecular weight excluding hydrogens is 230 g/mol. The summed E-state index contributed by atoms with van der Waals surface area (Å²) in [6.45, 7) is 2.06. The van der Waals surface area contributed by atoms with Crippen LogP contribution in [0.1, 0.15) is 5.56 Å². The van der Waals surface area contributed by atoms with E-state index in [4.69, 9.17) is 10.5 Å². The summed E-state index contributed by atoms with van der Waals surface area (Å²) in [6.07, 6.45) is 0. The molecule has 0 atom stereocenters. The van der Waals surface area contributed by atoms with Gasteiger partial charge in [-0.2, -0.15) is 0 Å². The first-order valence-corrected chi connectivity index (χ1v) is 6.19. The molecule has 17 heavy (non-hydrogen) atoms. The number of hydrogen-bond acceptors (Lipinski definition) is 3. The predicted molar refractivity (Wildman–Crippen MR) is 72.7 cm³/mol. The van der Waals surface area contributed by atoms with E-state index in [0.717, 1.165) is 16.3 Å². The second-order valence-corrected chi connectivity index (χ2v) is 4.86. The van der Waals surface area contributed by atoms with Crippen LogP contribution in [0, 0.1) is 6.92 Å². The molecule has 3 heteroatoms. The first-order chi connectivity index (χ1) is 8.20. The molecule has 0 fully saturated rings. The third-order valence-electron chi connectivity index (χ3n) is 2.49. The van der Waals surface area contributed by atoms with Gasteiger partial charge in [-0.25, -0.2) is 0 Å². The Morgan fingerprint density at radius 3 is 2.53 bits per heavy atom. The summed E-state index contributed by atoms with van der Waals surface area (Å²) in [5.74, 6) is 0.897. The maximum absolute atomic E-state index is 5.74. The number of nitrogen functional groups attached to an aromatic ring is 1. The van der Waals surface area contributed by atoms with Crippen LogP contribution in [0.15, 0.2) is 52.3 Å². The Labute approximate surface area is 106 Å². The SMILES string of the molecule is COc1ccccc1Sc1ccc(N)cc1C. The maximum Gasteiger partial charge on any atom is 0.132 e. The van der Waals surface area contributed by atoms with Crippen molar-refractivity contribution < 1.29 is 4.74 Å². The molecule has 0 aliphatic rings. The van der Waals surface area contributed by atoms with Crippen molar-refractivity contribution >= 4 is 17.4 Å². The fourth-order valence-electron chi connectivity index (χ4n) is 1.61. The van der Waals surface area contributed by atoms with Crippen molar-refractivity contribution in [3.05, 3.63) is 48.0 Å². The summed E-state index contributed by atoms with van der Waals surface area (Å²) >= 11 is 1.69. The minimum atomic E-state index is 0.798. The number of aryl methyl sites for hydroxylation is 1. The van der Waals surface area contributed by atoms with E-state index in [9.17, 15) is 0 Å². The molecule has 2 nitrogen and oxygen atoms in total. The predicted octanol–water partition coefficient (Wildman–Crippen LogP) is 3.74. The lowest BCUT2D eigenvalue weighted by Crippen LogP contribution is -1.88. The highest BCUT2D eigenvalue weighted by atomic mass is 32.2. The van der Waals surface area contributed by atoms with Gasteiger partial charge in [-0.15, -0.1) is 0 Å². The van der Waals surface area contributed by atoms with Crippen LogP contribution >= 0.6 is 11.8 Å². The average Bonchev–Trinajstić information content (AvgIpc) is 2.33. The number of hydrogen-bond donors (Lipinski definition) is 1. The number of ether oxygens (including phenoxy) is 1. The van der Waals surface area contributed by atoms with Gasteiger partial charge >= 0.3 is 0 Å². The van der Waals surface area contributed by atoms with Gasteiger partial charge in [0.05, 0.1) is 12.0 Å². The second kappa shape index (κ2) is 5.15. The minimum Gasteiger partial charge on any atom is -0.496 e. The molecule has 0 spiro atoms. The molecule has 0 aliphatic carbocycles. The molecule has 0 saturated carbocycles. The van der Waals surface area contributed by atoms with Crippen molar-refractivity contribution in [3.8, 4) is 5.75 Å². The van der Waals surface area contributed by atoms with Crippen LogP contribution in [-0.4, -0.2) is 7.11 Å². The fraction of sp³-hybridized carbons (Fsp3) is 0.143. The molecule has 0 aromatic heterocycles. The zero-order valence-electron chi connectivity index (χ0n) is 9.94. The van der Waals surface area contributed by atoms with Crippen LogP contribution in [-0.2, 0) is 0 Å². The molecule has 0 unspecified atom stereocenters. The summed E-state index contributed by atoms with van der Waals surface area (Å²) in [5, 5.41) is 0. The number of para-hydroxylation sites is 1. The standard InChI is InChI=1S/C14H15NOS/c1-10-9-11(15)7-8-13(10)17-14-6-4-3-5-12(14)16-2/h3-9H,15H2,1-2H3. The Hall–Kier alpha value is -1.61. The second-order valence-electron chi connectivity index (χ2n) is 3.78. The monoisotopic (exact) mass is 245 g/mol. The summed E-state index contributed by atoms with van der Waals surface area (Å²) in [5.41, 5.74) is 7.72. The van der Waals surface area contributed by atoms with E-state index in [2.05, 4.69) is 13.0 Å². The van der Waals surface area contributed by atoms with Crippen molar-refractivity contribution in [1.29, 1.82) is 0 Å². The van der Waals surface area contributed by atoms with Crippen LogP contribution in [0.25, 0.3) is 0 Å². The maximum atomic E-state index is 5.74. The highest BCUT2D eigenvalue weighted by molar-refractivity contribution is 7.99. The van der Waals surface area contributed by atoms with E-state index in [-0.39, 0.29) is 0 Å². The largest absolute Gasteiger partial charge is 0.496 e. The van der Waals surface area contributed by atoms with Crippen molar-refractivity contribution in [2.45, 2.75) is 16.7 Å². The molecule has 0 saturated heterocycles. The van der Waals surface area contributed by atoms with Crippen LogP contribution < -0.4 is 10.5 Å². The Kier molecular flexibility index (Phi) is 3.59. The zero-order valence-corrected chi connectivity index (χ0v) is 10.8. The molecular formula is C14H15NOS. The first-order valence-electron chi connectivity index (χ1n) is 5.37. The molecule has 0 amide bonds. The Morgan fingerprint density at radius 1 is 1.06 bits per heavy atom. The van der Waals surface area contributed by atoms with E-state index in [1.165, 1.54) is 10.5 Å². The highest BCUT2D eigenvalue weighted by Crippen LogP contribution is 2.36. The number of methoxy groups -OCH3 is 1. The summed E-state index contributed by atoms with van der Waals surface area (Å²) < 4.78 is 5.34. The van der Waals surface area contributed by atoms with Gasteiger partial charge in [0.1, 0.15) is 5.75 Å². The lowest BCUT2D eigenvalue weighted by atomic mass is 10.2. The molecule has 2 aromatic carbocycles. The smallest absolute Gasteiger partial charge is 0.132 e. The molecule has 2 rings (SSSR count). The summed E-state index contributed by atoms with van der Waals surface area (Å²) in [4.78, 5) is 2.31. The molecule has 0 heterocycles. The van der Waals surface area contributed by atoms with Gasteiger partial charge in [-0.1, -0.05) is 23.9 Å². The van der Waals surface area contributed by atoms with Crippen LogP contribution in [0.2, 0.25) is 0 Å². The van der Waals surface area contributed by atoms with Gasteiger partial charge in [0, 0.05) is 10.6 Å².